The highest BCUT2D eigenvalue weighted by Crippen LogP contribution is 2.17. The maximum Gasteiger partial charge on any atom is 0.321 e. The Hall–Kier alpha value is -3.19. The molecular formula is C20H20FN3O3. The minimum Gasteiger partial charge on any atom is -0.480 e. The fourth-order valence-electron chi connectivity index (χ4n) is 2.90. The van der Waals surface area contributed by atoms with Crippen molar-refractivity contribution in [1.29, 1.82) is 0 Å². The number of aliphatic carboxylic acids is 1. The number of fused-ring (bicyclic) bond motifs is 1. The van der Waals surface area contributed by atoms with Gasteiger partial charge in [0, 0.05) is 29.3 Å². The molecule has 6 nitrogen and oxygen atoms in total. The molecule has 0 aliphatic rings. The molecule has 0 saturated heterocycles. The van der Waals surface area contributed by atoms with Crippen molar-refractivity contribution >= 4 is 28.5 Å². The minimum absolute atomic E-state index is 0.222. The van der Waals surface area contributed by atoms with Crippen LogP contribution >= 0.6 is 0 Å². The molecule has 0 aliphatic heterocycles. The molecule has 0 unspecified atom stereocenters. The van der Waals surface area contributed by atoms with Crippen LogP contribution in [0.15, 0.2) is 54.7 Å². The molecule has 0 fully saturated rings. The molecule has 4 N–H and O–H groups in total. The van der Waals surface area contributed by atoms with Gasteiger partial charge < -0.3 is 20.7 Å². The van der Waals surface area contributed by atoms with Gasteiger partial charge in [0.15, 0.2) is 0 Å². The monoisotopic (exact) mass is 369 g/mol. The van der Waals surface area contributed by atoms with Crippen LogP contribution in [0.3, 0.4) is 0 Å². The molecule has 0 spiro atoms. The topological polar surface area (TPSA) is 94.2 Å². The number of H-pyrrole nitrogens is 1. The maximum atomic E-state index is 12.9. The Morgan fingerprint density at radius 2 is 1.85 bits per heavy atom. The fraction of sp³-hybridized carbons (Fsp3) is 0.200. The molecule has 3 aromatic rings. The van der Waals surface area contributed by atoms with Crippen molar-refractivity contribution < 1.29 is 19.1 Å². The first-order valence-electron chi connectivity index (χ1n) is 8.59. The van der Waals surface area contributed by atoms with Crippen molar-refractivity contribution in [2.45, 2.75) is 18.9 Å². The predicted molar refractivity (Wildman–Crippen MR) is 101 cm³/mol. The Labute approximate surface area is 155 Å². The van der Waals surface area contributed by atoms with E-state index in [0.29, 0.717) is 18.7 Å². The van der Waals surface area contributed by atoms with E-state index in [1.165, 1.54) is 24.3 Å². The highest BCUT2D eigenvalue weighted by molar-refractivity contribution is 5.94. The van der Waals surface area contributed by atoms with Crippen molar-refractivity contribution in [3.63, 3.8) is 0 Å². The maximum absolute atomic E-state index is 12.9. The SMILES string of the molecule is O=C(C[C@@H](NCCc1c[nH]c2ccccc12)C(=O)O)Nc1ccc(F)cc1. The van der Waals surface area contributed by atoms with Gasteiger partial charge in [0.2, 0.25) is 5.91 Å². The Bertz CT molecular complexity index is 937. The number of para-hydroxylation sites is 1. The van der Waals surface area contributed by atoms with E-state index in [9.17, 15) is 19.1 Å². The highest BCUT2D eigenvalue weighted by Gasteiger charge is 2.20. The molecule has 1 heterocycles. The van der Waals surface area contributed by atoms with Crippen LogP contribution in [0.4, 0.5) is 10.1 Å². The molecule has 1 atom stereocenters. The molecule has 0 radical (unpaired) electrons. The molecule has 27 heavy (non-hydrogen) atoms. The number of aromatic nitrogens is 1. The van der Waals surface area contributed by atoms with Crippen molar-refractivity contribution in [1.82, 2.24) is 10.3 Å². The van der Waals surface area contributed by atoms with Crippen LogP contribution in [-0.2, 0) is 16.0 Å². The lowest BCUT2D eigenvalue weighted by Gasteiger charge is -2.14. The molecule has 1 aromatic heterocycles. The average Bonchev–Trinajstić information content (AvgIpc) is 3.06. The zero-order chi connectivity index (χ0) is 19.2. The van der Waals surface area contributed by atoms with Crippen LogP contribution in [0.5, 0.6) is 0 Å². The second kappa shape index (κ2) is 8.46. The Balaban J connectivity index is 1.53. The molecule has 7 heteroatoms. The summed E-state index contributed by atoms with van der Waals surface area (Å²) in [4.78, 5) is 26.7. The summed E-state index contributed by atoms with van der Waals surface area (Å²) >= 11 is 0. The van der Waals surface area contributed by atoms with Crippen molar-refractivity contribution in [2.24, 2.45) is 0 Å². The van der Waals surface area contributed by atoms with Gasteiger partial charge in [0.25, 0.3) is 0 Å². The van der Waals surface area contributed by atoms with Gasteiger partial charge in [0.1, 0.15) is 11.9 Å². The summed E-state index contributed by atoms with van der Waals surface area (Å²) in [5, 5.41) is 15.9. The third-order valence-electron chi connectivity index (χ3n) is 4.28. The largest absolute Gasteiger partial charge is 0.480 e. The molecule has 140 valence electrons. The van der Waals surface area contributed by atoms with Crippen LogP contribution in [0.1, 0.15) is 12.0 Å². The van der Waals surface area contributed by atoms with Gasteiger partial charge in [-0.3, -0.25) is 9.59 Å². The number of carbonyl (C=O) groups is 2. The van der Waals surface area contributed by atoms with E-state index in [0.717, 1.165) is 16.5 Å². The van der Waals surface area contributed by atoms with Crippen molar-refractivity contribution in [3.8, 4) is 0 Å². The standard InChI is InChI=1S/C20H20FN3O3/c21-14-5-7-15(8-6-14)24-19(25)11-18(20(26)27)22-10-9-13-12-23-17-4-2-1-3-16(13)17/h1-8,12,18,22-23H,9-11H2,(H,24,25)(H,26,27)/t18-/m1/s1. The lowest BCUT2D eigenvalue weighted by atomic mass is 10.1. The second-order valence-electron chi connectivity index (χ2n) is 6.21. The number of carboxylic acids is 1. The normalized spacial score (nSPS) is 12.0. The van der Waals surface area contributed by atoms with Crippen molar-refractivity contribution in [3.05, 3.63) is 66.1 Å². The van der Waals surface area contributed by atoms with E-state index in [2.05, 4.69) is 15.6 Å². The minimum atomic E-state index is -1.09. The van der Waals surface area contributed by atoms with E-state index in [1.54, 1.807) is 0 Å². The van der Waals surface area contributed by atoms with E-state index < -0.39 is 23.7 Å². The third-order valence-corrected chi connectivity index (χ3v) is 4.28. The van der Waals surface area contributed by atoms with Gasteiger partial charge in [-0.15, -0.1) is 0 Å². The number of hydrogen-bond acceptors (Lipinski definition) is 3. The number of rotatable bonds is 8. The van der Waals surface area contributed by atoms with Crippen LogP contribution in [0.25, 0.3) is 10.9 Å². The lowest BCUT2D eigenvalue weighted by Crippen LogP contribution is -2.40. The van der Waals surface area contributed by atoms with Gasteiger partial charge in [-0.2, -0.15) is 0 Å². The fourth-order valence-corrected chi connectivity index (χ4v) is 2.90. The number of carbonyl (C=O) groups excluding carboxylic acids is 1. The lowest BCUT2D eigenvalue weighted by molar-refractivity contribution is -0.141. The van der Waals surface area contributed by atoms with Gasteiger partial charge in [-0.25, -0.2) is 4.39 Å². The van der Waals surface area contributed by atoms with Crippen molar-refractivity contribution in [2.75, 3.05) is 11.9 Å². The molecule has 1 amide bonds. The molecule has 0 aliphatic carbocycles. The summed E-state index contributed by atoms with van der Waals surface area (Å²) in [6.45, 7) is 0.419. The molecule has 3 rings (SSSR count). The first-order chi connectivity index (χ1) is 13.0. The van der Waals surface area contributed by atoms with E-state index in [4.69, 9.17) is 0 Å². The molecule has 0 saturated carbocycles. The summed E-state index contributed by atoms with van der Waals surface area (Å²) in [5.41, 5.74) is 2.53. The first kappa shape index (κ1) is 18.6. The predicted octanol–water partition coefficient (Wildman–Crippen LogP) is 2.92. The van der Waals surface area contributed by atoms with Crippen LogP contribution in [0.2, 0.25) is 0 Å². The average molecular weight is 369 g/mol. The summed E-state index contributed by atoms with van der Waals surface area (Å²) in [7, 11) is 0. The number of aromatic amines is 1. The number of anilines is 1. The highest BCUT2D eigenvalue weighted by atomic mass is 19.1. The van der Waals surface area contributed by atoms with Gasteiger partial charge in [-0.1, -0.05) is 18.2 Å². The zero-order valence-corrected chi connectivity index (χ0v) is 14.5. The second-order valence-corrected chi connectivity index (χ2v) is 6.21. The van der Waals surface area contributed by atoms with Crippen LogP contribution in [0, 0.1) is 5.82 Å². The molecular weight excluding hydrogens is 349 g/mol. The Morgan fingerprint density at radius 1 is 1.11 bits per heavy atom. The first-order valence-corrected chi connectivity index (χ1v) is 8.59. The van der Waals surface area contributed by atoms with Gasteiger partial charge >= 0.3 is 5.97 Å². The Kier molecular flexibility index (Phi) is 5.83. The summed E-state index contributed by atoms with van der Waals surface area (Å²) < 4.78 is 12.9. The number of carboxylic acid groups (broad SMARTS) is 1. The number of benzene rings is 2. The third kappa shape index (κ3) is 4.92. The van der Waals surface area contributed by atoms with Crippen LogP contribution < -0.4 is 10.6 Å². The number of hydrogen-bond donors (Lipinski definition) is 4. The van der Waals surface area contributed by atoms with Gasteiger partial charge in [-0.05, 0) is 42.3 Å². The summed E-state index contributed by atoms with van der Waals surface area (Å²) in [6, 6.07) is 12.2. The van der Waals surface area contributed by atoms with E-state index in [-0.39, 0.29) is 6.42 Å². The van der Waals surface area contributed by atoms with Crippen LogP contribution in [-0.4, -0.2) is 34.6 Å². The smallest absolute Gasteiger partial charge is 0.321 e. The molecule has 2 aromatic carbocycles. The van der Waals surface area contributed by atoms with Gasteiger partial charge in [0.05, 0.1) is 6.42 Å². The molecule has 0 bridgehead atoms. The van der Waals surface area contributed by atoms with E-state index in [1.807, 2.05) is 30.5 Å². The summed E-state index contributed by atoms with van der Waals surface area (Å²) in [6.07, 6.45) is 2.32. The number of halogens is 1. The quantitative estimate of drug-likeness (QED) is 0.491. The number of nitrogens with one attached hydrogen (secondary N) is 3. The number of amides is 1. The van der Waals surface area contributed by atoms with E-state index >= 15 is 0 Å². The zero-order valence-electron chi connectivity index (χ0n) is 14.5. The summed E-state index contributed by atoms with van der Waals surface area (Å²) in [5.74, 6) is -1.95. The Morgan fingerprint density at radius 3 is 2.59 bits per heavy atom.